The Morgan fingerprint density at radius 3 is 2.29 bits per heavy atom. The molecule has 5 nitrogen and oxygen atoms in total. The number of hydrogen-bond acceptors (Lipinski definition) is 3. The molecule has 96 valence electrons. The van der Waals surface area contributed by atoms with E-state index in [-0.39, 0.29) is 12.5 Å². The van der Waals surface area contributed by atoms with Crippen LogP contribution in [0.25, 0.3) is 0 Å². The predicted molar refractivity (Wildman–Crippen MR) is 62.6 cm³/mol. The summed E-state index contributed by atoms with van der Waals surface area (Å²) in [6.45, 7) is 0.114. The summed E-state index contributed by atoms with van der Waals surface area (Å²) < 4.78 is 0. The molecule has 0 radical (unpaired) electrons. The van der Waals surface area contributed by atoms with Gasteiger partial charge in [-0.05, 0) is 32.1 Å². The SMILES string of the molecule is O=C(CNC1(C(=O)O)CCC1)NC1CCCC1. The van der Waals surface area contributed by atoms with E-state index in [1.54, 1.807) is 0 Å². The van der Waals surface area contributed by atoms with Crippen LogP contribution in [0.1, 0.15) is 44.9 Å². The van der Waals surface area contributed by atoms with Crippen LogP contribution in [-0.2, 0) is 9.59 Å². The Kier molecular flexibility index (Phi) is 3.66. The fourth-order valence-corrected chi connectivity index (χ4v) is 2.59. The van der Waals surface area contributed by atoms with E-state index in [0.29, 0.717) is 18.9 Å². The molecule has 1 amide bonds. The van der Waals surface area contributed by atoms with Gasteiger partial charge in [0.25, 0.3) is 0 Å². The lowest BCUT2D eigenvalue weighted by Gasteiger charge is -2.38. The minimum atomic E-state index is -0.840. The third kappa shape index (κ3) is 2.77. The van der Waals surface area contributed by atoms with E-state index in [2.05, 4.69) is 10.6 Å². The zero-order valence-corrected chi connectivity index (χ0v) is 10.00. The molecule has 0 spiro atoms. The van der Waals surface area contributed by atoms with Crippen molar-refractivity contribution in [2.45, 2.75) is 56.5 Å². The first-order valence-corrected chi connectivity index (χ1v) is 6.40. The van der Waals surface area contributed by atoms with Crippen LogP contribution in [0.15, 0.2) is 0 Å². The summed E-state index contributed by atoms with van der Waals surface area (Å²) in [6, 6.07) is 0.298. The molecule has 0 aliphatic heterocycles. The summed E-state index contributed by atoms with van der Waals surface area (Å²) in [5.74, 6) is -0.915. The van der Waals surface area contributed by atoms with Gasteiger partial charge < -0.3 is 10.4 Å². The van der Waals surface area contributed by atoms with E-state index in [1.807, 2.05) is 0 Å². The molecule has 0 aromatic heterocycles. The first-order chi connectivity index (χ1) is 8.12. The third-order valence-electron chi connectivity index (χ3n) is 3.92. The van der Waals surface area contributed by atoms with Crippen LogP contribution in [0, 0.1) is 0 Å². The standard InChI is InChI=1S/C12H20N2O3/c15-10(14-9-4-1-2-5-9)8-13-12(11(16)17)6-3-7-12/h9,13H,1-8H2,(H,14,15)(H,16,17). The van der Waals surface area contributed by atoms with E-state index in [0.717, 1.165) is 19.3 Å². The van der Waals surface area contributed by atoms with Gasteiger partial charge >= 0.3 is 5.97 Å². The van der Waals surface area contributed by atoms with Gasteiger partial charge in [-0.3, -0.25) is 14.9 Å². The van der Waals surface area contributed by atoms with Crippen molar-refractivity contribution in [2.24, 2.45) is 0 Å². The topological polar surface area (TPSA) is 78.4 Å². The fourth-order valence-electron chi connectivity index (χ4n) is 2.59. The average molecular weight is 240 g/mol. The quantitative estimate of drug-likeness (QED) is 0.659. The van der Waals surface area contributed by atoms with Gasteiger partial charge in [0.2, 0.25) is 5.91 Å². The number of amides is 1. The monoisotopic (exact) mass is 240 g/mol. The van der Waals surface area contributed by atoms with Crippen LogP contribution >= 0.6 is 0 Å². The van der Waals surface area contributed by atoms with Crippen LogP contribution in [0.4, 0.5) is 0 Å². The van der Waals surface area contributed by atoms with E-state index in [4.69, 9.17) is 5.11 Å². The van der Waals surface area contributed by atoms with Crippen molar-refractivity contribution >= 4 is 11.9 Å². The van der Waals surface area contributed by atoms with Gasteiger partial charge in [0, 0.05) is 6.04 Å². The lowest BCUT2D eigenvalue weighted by atomic mass is 9.77. The van der Waals surface area contributed by atoms with Gasteiger partial charge in [-0.25, -0.2) is 0 Å². The molecular formula is C12H20N2O3. The van der Waals surface area contributed by atoms with E-state index in [9.17, 15) is 9.59 Å². The minimum Gasteiger partial charge on any atom is -0.480 e. The maximum absolute atomic E-state index is 11.6. The van der Waals surface area contributed by atoms with E-state index >= 15 is 0 Å². The van der Waals surface area contributed by atoms with Gasteiger partial charge in [-0.1, -0.05) is 12.8 Å². The molecule has 17 heavy (non-hydrogen) atoms. The highest BCUT2D eigenvalue weighted by atomic mass is 16.4. The highest BCUT2D eigenvalue weighted by Gasteiger charge is 2.44. The van der Waals surface area contributed by atoms with Gasteiger partial charge in [0.1, 0.15) is 5.54 Å². The Morgan fingerprint density at radius 2 is 1.82 bits per heavy atom. The molecular weight excluding hydrogens is 220 g/mol. The summed E-state index contributed by atoms with van der Waals surface area (Å²) in [7, 11) is 0. The van der Waals surface area contributed by atoms with Crippen molar-refractivity contribution in [3.63, 3.8) is 0 Å². The second-order valence-electron chi connectivity index (χ2n) is 5.14. The number of carbonyl (C=O) groups is 2. The Balaban J connectivity index is 1.73. The minimum absolute atomic E-state index is 0.0792. The van der Waals surface area contributed by atoms with Crippen molar-refractivity contribution in [3.8, 4) is 0 Å². The molecule has 0 atom stereocenters. The largest absolute Gasteiger partial charge is 0.480 e. The Hall–Kier alpha value is -1.10. The molecule has 0 aromatic rings. The lowest BCUT2D eigenvalue weighted by Crippen LogP contribution is -2.59. The molecule has 2 aliphatic carbocycles. The second-order valence-corrected chi connectivity index (χ2v) is 5.14. The number of carboxylic acids is 1. The number of nitrogens with one attached hydrogen (secondary N) is 2. The Bertz CT molecular complexity index is 307. The number of carboxylic acid groups (broad SMARTS) is 1. The highest BCUT2D eigenvalue weighted by Crippen LogP contribution is 2.31. The molecule has 0 heterocycles. The molecule has 0 unspecified atom stereocenters. The van der Waals surface area contributed by atoms with Crippen molar-refractivity contribution in [3.05, 3.63) is 0 Å². The van der Waals surface area contributed by atoms with Crippen LogP contribution in [0.5, 0.6) is 0 Å². The number of hydrogen-bond donors (Lipinski definition) is 3. The predicted octanol–water partition coefficient (Wildman–Crippen LogP) is 0.642. The maximum Gasteiger partial charge on any atom is 0.323 e. The number of aliphatic carboxylic acids is 1. The van der Waals surface area contributed by atoms with E-state index in [1.165, 1.54) is 12.8 Å². The first kappa shape index (κ1) is 12.4. The second kappa shape index (κ2) is 5.04. The zero-order valence-electron chi connectivity index (χ0n) is 10.00. The number of carbonyl (C=O) groups excluding carboxylic acids is 1. The molecule has 2 saturated carbocycles. The Labute approximate surface area is 101 Å². The highest BCUT2D eigenvalue weighted by molar-refractivity contribution is 5.83. The van der Waals surface area contributed by atoms with Crippen LogP contribution < -0.4 is 10.6 Å². The average Bonchev–Trinajstić information content (AvgIpc) is 2.68. The lowest BCUT2D eigenvalue weighted by molar-refractivity contribution is -0.149. The summed E-state index contributed by atoms with van der Waals surface area (Å²) in [5, 5.41) is 14.9. The van der Waals surface area contributed by atoms with Gasteiger partial charge in [0.15, 0.2) is 0 Å². The third-order valence-corrected chi connectivity index (χ3v) is 3.92. The van der Waals surface area contributed by atoms with Crippen LogP contribution in [0.2, 0.25) is 0 Å². The van der Waals surface area contributed by atoms with Crippen molar-refractivity contribution in [2.75, 3.05) is 6.54 Å². The summed E-state index contributed by atoms with van der Waals surface area (Å²) >= 11 is 0. The molecule has 2 fully saturated rings. The van der Waals surface area contributed by atoms with Crippen LogP contribution in [0.3, 0.4) is 0 Å². The van der Waals surface area contributed by atoms with Crippen LogP contribution in [-0.4, -0.2) is 35.1 Å². The molecule has 2 aliphatic rings. The normalized spacial score (nSPS) is 23.1. The first-order valence-electron chi connectivity index (χ1n) is 6.40. The molecule has 0 saturated heterocycles. The van der Waals surface area contributed by atoms with Crippen molar-refractivity contribution in [1.82, 2.24) is 10.6 Å². The van der Waals surface area contributed by atoms with Gasteiger partial charge in [-0.15, -0.1) is 0 Å². The van der Waals surface area contributed by atoms with Gasteiger partial charge in [0.05, 0.1) is 6.54 Å². The van der Waals surface area contributed by atoms with Crippen molar-refractivity contribution < 1.29 is 14.7 Å². The van der Waals surface area contributed by atoms with Gasteiger partial charge in [-0.2, -0.15) is 0 Å². The fraction of sp³-hybridized carbons (Fsp3) is 0.833. The molecule has 5 heteroatoms. The summed E-state index contributed by atoms with van der Waals surface area (Å²) in [6.07, 6.45) is 6.63. The molecule has 0 aromatic carbocycles. The maximum atomic E-state index is 11.6. The smallest absolute Gasteiger partial charge is 0.323 e. The Morgan fingerprint density at radius 1 is 1.18 bits per heavy atom. The summed E-state index contributed by atoms with van der Waals surface area (Å²) in [5.41, 5.74) is -0.840. The zero-order chi connectivity index (χ0) is 12.3. The van der Waals surface area contributed by atoms with E-state index < -0.39 is 11.5 Å². The molecule has 2 rings (SSSR count). The molecule has 3 N–H and O–H groups in total. The van der Waals surface area contributed by atoms with Crippen molar-refractivity contribution in [1.29, 1.82) is 0 Å². The summed E-state index contributed by atoms with van der Waals surface area (Å²) in [4.78, 5) is 22.7. The number of rotatable bonds is 5. The molecule has 0 bridgehead atoms.